The van der Waals surface area contributed by atoms with E-state index >= 15 is 0 Å². The SMILES string of the molecule is CC(Nc1cccc(O)c1)C1CCOC1. The third kappa shape index (κ3) is 2.63. The van der Waals surface area contributed by atoms with Crippen LogP contribution in [0.5, 0.6) is 5.75 Å². The first-order valence-electron chi connectivity index (χ1n) is 5.39. The van der Waals surface area contributed by atoms with Crippen molar-refractivity contribution in [3.05, 3.63) is 24.3 Å². The Morgan fingerprint density at radius 2 is 2.40 bits per heavy atom. The summed E-state index contributed by atoms with van der Waals surface area (Å²) in [4.78, 5) is 0. The molecule has 1 saturated heterocycles. The summed E-state index contributed by atoms with van der Waals surface area (Å²) in [5, 5.41) is 12.7. The zero-order chi connectivity index (χ0) is 10.7. The summed E-state index contributed by atoms with van der Waals surface area (Å²) in [5.41, 5.74) is 0.967. The predicted molar refractivity (Wildman–Crippen MR) is 60.1 cm³/mol. The van der Waals surface area contributed by atoms with E-state index in [0.717, 1.165) is 25.3 Å². The highest BCUT2D eigenvalue weighted by Crippen LogP contribution is 2.22. The summed E-state index contributed by atoms with van der Waals surface area (Å²) < 4.78 is 5.35. The highest BCUT2D eigenvalue weighted by Gasteiger charge is 2.21. The van der Waals surface area contributed by atoms with E-state index < -0.39 is 0 Å². The highest BCUT2D eigenvalue weighted by atomic mass is 16.5. The summed E-state index contributed by atoms with van der Waals surface area (Å²) in [5.74, 6) is 0.877. The molecule has 15 heavy (non-hydrogen) atoms. The van der Waals surface area contributed by atoms with Crippen LogP contribution in [0.3, 0.4) is 0 Å². The quantitative estimate of drug-likeness (QED) is 0.798. The lowest BCUT2D eigenvalue weighted by Gasteiger charge is -2.20. The number of phenols is 1. The van der Waals surface area contributed by atoms with Gasteiger partial charge in [-0.05, 0) is 25.5 Å². The average molecular weight is 207 g/mol. The third-order valence-corrected chi connectivity index (χ3v) is 2.91. The highest BCUT2D eigenvalue weighted by molar-refractivity contribution is 5.48. The van der Waals surface area contributed by atoms with Gasteiger partial charge in [0.15, 0.2) is 0 Å². The fraction of sp³-hybridized carbons (Fsp3) is 0.500. The normalized spacial score (nSPS) is 22.6. The van der Waals surface area contributed by atoms with Crippen LogP contribution in [-0.4, -0.2) is 24.4 Å². The molecular weight excluding hydrogens is 190 g/mol. The molecule has 1 aliphatic rings. The Kier molecular flexibility index (Phi) is 3.11. The van der Waals surface area contributed by atoms with Crippen LogP contribution < -0.4 is 5.32 Å². The molecule has 0 radical (unpaired) electrons. The van der Waals surface area contributed by atoms with Crippen LogP contribution in [0.4, 0.5) is 5.69 Å². The molecule has 1 fully saturated rings. The van der Waals surface area contributed by atoms with E-state index in [1.807, 2.05) is 12.1 Å². The van der Waals surface area contributed by atoms with Crippen LogP contribution in [-0.2, 0) is 4.74 Å². The van der Waals surface area contributed by atoms with Gasteiger partial charge in [-0.3, -0.25) is 0 Å². The number of anilines is 1. The molecule has 2 rings (SSSR count). The summed E-state index contributed by atoms with van der Waals surface area (Å²) >= 11 is 0. The number of nitrogens with one attached hydrogen (secondary N) is 1. The van der Waals surface area contributed by atoms with Gasteiger partial charge < -0.3 is 15.2 Å². The molecule has 2 unspecified atom stereocenters. The predicted octanol–water partition coefficient (Wildman–Crippen LogP) is 2.23. The number of hydrogen-bond acceptors (Lipinski definition) is 3. The molecule has 0 saturated carbocycles. The van der Waals surface area contributed by atoms with Crippen LogP contribution in [0.1, 0.15) is 13.3 Å². The van der Waals surface area contributed by atoms with Crippen LogP contribution in [0, 0.1) is 5.92 Å². The van der Waals surface area contributed by atoms with Crippen molar-refractivity contribution < 1.29 is 9.84 Å². The molecule has 1 aliphatic heterocycles. The van der Waals surface area contributed by atoms with Gasteiger partial charge in [-0.15, -0.1) is 0 Å². The van der Waals surface area contributed by atoms with Gasteiger partial charge in [0.1, 0.15) is 5.75 Å². The van der Waals surface area contributed by atoms with Crippen molar-refractivity contribution in [3.63, 3.8) is 0 Å². The van der Waals surface area contributed by atoms with Crippen LogP contribution in [0.2, 0.25) is 0 Å². The second-order valence-corrected chi connectivity index (χ2v) is 4.11. The van der Waals surface area contributed by atoms with Gasteiger partial charge >= 0.3 is 0 Å². The lowest BCUT2D eigenvalue weighted by molar-refractivity contribution is 0.183. The zero-order valence-electron chi connectivity index (χ0n) is 8.94. The fourth-order valence-corrected chi connectivity index (χ4v) is 1.92. The van der Waals surface area contributed by atoms with Crippen molar-refractivity contribution >= 4 is 5.69 Å². The van der Waals surface area contributed by atoms with E-state index in [9.17, 15) is 5.11 Å². The molecule has 2 atom stereocenters. The van der Waals surface area contributed by atoms with Gasteiger partial charge in [0.05, 0.1) is 6.61 Å². The van der Waals surface area contributed by atoms with Crippen LogP contribution >= 0.6 is 0 Å². The number of aromatic hydroxyl groups is 1. The average Bonchev–Trinajstić information content (AvgIpc) is 2.70. The molecule has 2 N–H and O–H groups in total. The van der Waals surface area contributed by atoms with Gasteiger partial charge in [0.2, 0.25) is 0 Å². The standard InChI is InChI=1S/C12H17NO2/c1-9(10-5-6-15-8-10)13-11-3-2-4-12(14)7-11/h2-4,7,9-10,13-14H,5-6,8H2,1H3. The minimum atomic E-state index is 0.301. The molecule has 1 aromatic carbocycles. The molecule has 0 spiro atoms. The van der Waals surface area contributed by atoms with Gasteiger partial charge in [-0.25, -0.2) is 0 Å². The Labute approximate surface area is 90.1 Å². The van der Waals surface area contributed by atoms with E-state index in [4.69, 9.17) is 4.74 Å². The summed E-state index contributed by atoms with van der Waals surface area (Å²) in [7, 11) is 0. The van der Waals surface area contributed by atoms with Crippen molar-refractivity contribution in [2.75, 3.05) is 18.5 Å². The lowest BCUT2D eigenvalue weighted by Crippen LogP contribution is -2.25. The van der Waals surface area contributed by atoms with Crippen molar-refractivity contribution in [1.29, 1.82) is 0 Å². The van der Waals surface area contributed by atoms with Gasteiger partial charge in [-0.2, -0.15) is 0 Å². The minimum absolute atomic E-state index is 0.301. The summed E-state index contributed by atoms with van der Waals surface area (Å²) in [6.07, 6.45) is 1.12. The Morgan fingerprint density at radius 1 is 1.53 bits per heavy atom. The first kappa shape index (κ1) is 10.3. The molecule has 0 aliphatic carbocycles. The largest absolute Gasteiger partial charge is 0.508 e. The molecule has 1 aromatic rings. The molecule has 0 bridgehead atoms. The molecule has 0 aromatic heterocycles. The Bertz CT molecular complexity index is 321. The topological polar surface area (TPSA) is 41.5 Å². The number of rotatable bonds is 3. The number of phenolic OH excluding ortho intramolecular Hbond substituents is 1. The molecule has 3 nitrogen and oxygen atoms in total. The Balaban J connectivity index is 1.95. The number of hydrogen-bond donors (Lipinski definition) is 2. The summed E-state index contributed by atoms with van der Waals surface area (Å²) in [6, 6.07) is 7.61. The Morgan fingerprint density at radius 3 is 3.07 bits per heavy atom. The van der Waals surface area contributed by atoms with Crippen LogP contribution in [0.25, 0.3) is 0 Å². The van der Waals surface area contributed by atoms with E-state index in [-0.39, 0.29) is 0 Å². The van der Waals surface area contributed by atoms with Crippen molar-refractivity contribution in [2.24, 2.45) is 5.92 Å². The zero-order valence-corrected chi connectivity index (χ0v) is 8.94. The van der Waals surface area contributed by atoms with E-state index in [1.165, 1.54) is 0 Å². The molecule has 82 valence electrons. The van der Waals surface area contributed by atoms with E-state index in [0.29, 0.717) is 17.7 Å². The van der Waals surface area contributed by atoms with E-state index in [2.05, 4.69) is 12.2 Å². The maximum atomic E-state index is 9.33. The van der Waals surface area contributed by atoms with Gasteiger partial charge in [0.25, 0.3) is 0 Å². The van der Waals surface area contributed by atoms with E-state index in [1.54, 1.807) is 12.1 Å². The minimum Gasteiger partial charge on any atom is -0.508 e. The van der Waals surface area contributed by atoms with Gasteiger partial charge in [0, 0.05) is 30.3 Å². The molecule has 0 amide bonds. The molecule has 1 heterocycles. The molecular formula is C12H17NO2. The van der Waals surface area contributed by atoms with Crippen molar-refractivity contribution in [1.82, 2.24) is 0 Å². The molecule has 3 heteroatoms. The number of benzene rings is 1. The number of ether oxygens (including phenoxy) is 1. The summed E-state index contributed by atoms with van der Waals surface area (Å²) in [6.45, 7) is 3.87. The van der Waals surface area contributed by atoms with Gasteiger partial charge in [-0.1, -0.05) is 6.07 Å². The first-order chi connectivity index (χ1) is 7.25. The smallest absolute Gasteiger partial charge is 0.117 e. The fourth-order valence-electron chi connectivity index (χ4n) is 1.92. The van der Waals surface area contributed by atoms with Crippen LogP contribution in [0.15, 0.2) is 24.3 Å². The second kappa shape index (κ2) is 4.53. The second-order valence-electron chi connectivity index (χ2n) is 4.11. The van der Waals surface area contributed by atoms with Crippen molar-refractivity contribution in [3.8, 4) is 5.75 Å². The lowest BCUT2D eigenvalue weighted by atomic mass is 10.0. The van der Waals surface area contributed by atoms with Crippen molar-refractivity contribution in [2.45, 2.75) is 19.4 Å². The maximum Gasteiger partial charge on any atom is 0.117 e. The maximum absolute atomic E-state index is 9.33. The monoisotopic (exact) mass is 207 g/mol. The Hall–Kier alpha value is -1.22. The first-order valence-corrected chi connectivity index (χ1v) is 5.39. The third-order valence-electron chi connectivity index (χ3n) is 2.91.